The first-order valence-corrected chi connectivity index (χ1v) is 6.58. The third kappa shape index (κ3) is 2.69. The van der Waals surface area contributed by atoms with Gasteiger partial charge in [-0.15, -0.1) is 0 Å². The van der Waals surface area contributed by atoms with Gasteiger partial charge < -0.3 is 10.6 Å². The second-order valence-electron chi connectivity index (χ2n) is 4.61. The summed E-state index contributed by atoms with van der Waals surface area (Å²) in [4.78, 5) is 15.6. The van der Waals surface area contributed by atoms with E-state index in [0.29, 0.717) is 13.0 Å². The van der Waals surface area contributed by atoms with E-state index in [9.17, 15) is 4.79 Å². The molecule has 0 atom stereocenters. The van der Waals surface area contributed by atoms with Gasteiger partial charge in [-0.05, 0) is 23.3 Å². The number of nitrogens with zero attached hydrogens (tertiary/aromatic N) is 1. The Morgan fingerprint density at radius 2 is 2.10 bits per heavy atom. The number of carbonyl (C=O) groups is 1. The van der Waals surface area contributed by atoms with Crippen LogP contribution in [0.5, 0.6) is 0 Å². The normalized spacial score (nSPS) is 14.3. The predicted molar refractivity (Wildman–Crippen MR) is 81.3 cm³/mol. The Balaban J connectivity index is 1.93. The molecule has 0 unspecified atom stereocenters. The Bertz CT molecular complexity index is 650. The van der Waals surface area contributed by atoms with Gasteiger partial charge in [0.2, 0.25) is 5.91 Å². The molecule has 100 valence electrons. The molecule has 1 amide bonds. The molecule has 0 saturated carbocycles. The van der Waals surface area contributed by atoms with Gasteiger partial charge in [0, 0.05) is 25.4 Å². The van der Waals surface area contributed by atoms with Crippen molar-refractivity contribution in [3.63, 3.8) is 0 Å². The number of para-hydroxylation sites is 1. The molecule has 1 aliphatic rings. The summed E-state index contributed by atoms with van der Waals surface area (Å²) in [6, 6.07) is 9.78. The minimum atomic E-state index is 0.0460. The van der Waals surface area contributed by atoms with Crippen LogP contribution in [0.1, 0.15) is 17.5 Å². The first kappa shape index (κ1) is 12.4. The number of hydrogen-bond acceptors (Lipinski definition) is 3. The molecule has 0 fully saturated rings. The second kappa shape index (κ2) is 5.57. The number of benzene rings is 1. The molecule has 2 aromatic rings. The van der Waals surface area contributed by atoms with E-state index in [1.165, 1.54) is 0 Å². The van der Waals surface area contributed by atoms with E-state index < -0.39 is 0 Å². The average Bonchev–Trinajstić information content (AvgIpc) is 2.67. The molecule has 0 saturated heterocycles. The van der Waals surface area contributed by atoms with Gasteiger partial charge in [-0.1, -0.05) is 30.4 Å². The zero-order valence-corrected chi connectivity index (χ0v) is 11.0. The minimum absolute atomic E-state index is 0.0460. The number of aromatic nitrogens is 1. The van der Waals surface area contributed by atoms with Crippen molar-refractivity contribution in [2.75, 3.05) is 17.2 Å². The molecule has 4 nitrogen and oxygen atoms in total. The lowest BCUT2D eigenvalue weighted by atomic mass is 10.1. The Labute approximate surface area is 117 Å². The minimum Gasteiger partial charge on any atom is -0.382 e. The molecule has 0 spiro atoms. The van der Waals surface area contributed by atoms with Crippen LogP contribution in [0.25, 0.3) is 12.2 Å². The van der Waals surface area contributed by atoms with Gasteiger partial charge in [0.25, 0.3) is 0 Å². The zero-order chi connectivity index (χ0) is 13.8. The maximum absolute atomic E-state index is 11.6. The summed E-state index contributed by atoms with van der Waals surface area (Å²) in [5.74, 6) is 0.0460. The highest BCUT2D eigenvalue weighted by Gasteiger charge is 2.13. The van der Waals surface area contributed by atoms with Gasteiger partial charge >= 0.3 is 0 Å². The molecule has 20 heavy (non-hydrogen) atoms. The van der Waals surface area contributed by atoms with Crippen LogP contribution >= 0.6 is 0 Å². The van der Waals surface area contributed by atoms with E-state index in [4.69, 9.17) is 0 Å². The quantitative estimate of drug-likeness (QED) is 0.877. The van der Waals surface area contributed by atoms with E-state index in [1.807, 2.05) is 48.7 Å². The van der Waals surface area contributed by atoms with Crippen LogP contribution < -0.4 is 10.6 Å². The van der Waals surface area contributed by atoms with Crippen LogP contribution in [0.15, 0.2) is 42.7 Å². The van der Waals surface area contributed by atoms with Crippen molar-refractivity contribution in [2.45, 2.75) is 6.42 Å². The largest absolute Gasteiger partial charge is 0.382 e. The summed E-state index contributed by atoms with van der Waals surface area (Å²) in [5, 5.41) is 6.22. The summed E-state index contributed by atoms with van der Waals surface area (Å²) in [5.41, 5.74) is 3.90. The molecule has 2 N–H and O–H groups in total. The van der Waals surface area contributed by atoms with Crippen LogP contribution in [-0.2, 0) is 4.79 Å². The van der Waals surface area contributed by atoms with Gasteiger partial charge in [0.15, 0.2) is 0 Å². The van der Waals surface area contributed by atoms with E-state index in [2.05, 4.69) is 15.6 Å². The molecule has 0 bridgehead atoms. The van der Waals surface area contributed by atoms with Gasteiger partial charge in [-0.3, -0.25) is 9.78 Å². The van der Waals surface area contributed by atoms with Crippen molar-refractivity contribution in [1.29, 1.82) is 0 Å². The number of pyridine rings is 1. The van der Waals surface area contributed by atoms with Crippen LogP contribution in [0.2, 0.25) is 0 Å². The fraction of sp³-hybridized carbons (Fsp3) is 0.125. The number of hydrogen-bond donors (Lipinski definition) is 2. The lowest BCUT2D eigenvalue weighted by Gasteiger charge is -2.10. The monoisotopic (exact) mass is 265 g/mol. The van der Waals surface area contributed by atoms with Crippen molar-refractivity contribution in [3.8, 4) is 0 Å². The van der Waals surface area contributed by atoms with Crippen molar-refractivity contribution in [3.05, 3.63) is 53.9 Å². The third-order valence-electron chi connectivity index (χ3n) is 3.16. The second-order valence-corrected chi connectivity index (χ2v) is 4.61. The molecule has 4 heteroatoms. The Morgan fingerprint density at radius 3 is 2.95 bits per heavy atom. The number of rotatable bonds is 2. The average molecular weight is 265 g/mol. The fourth-order valence-electron chi connectivity index (χ4n) is 2.18. The maximum Gasteiger partial charge on any atom is 0.226 e. The topological polar surface area (TPSA) is 54.0 Å². The lowest BCUT2D eigenvalue weighted by Crippen LogP contribution is -2.10. The van der Waals surface area contributed by atoms with Gasteiger partial charge in [0.05, 0.1) is 11.4 Å². The number of nitrogens with one attached hydrogen (secondary N) is 2. The van der Waals surface area contributed by atoms with Crippen LogP contribution in [0.4, 0.5) is 11.4 Å². The van der Waals surface area contributed by atoms with Crippen molar-refractivity contribution in [1.82, 2.24) is 4.98 Å². The SMILES string of the molecule is O=C1CCNc2c(/C=C/c3cccnc3)cccc2N1. The van der Waals surface area contributed by atoms with Gasteiger partial charge in [-0.2, -0.15) is 0 Å². The summed E-state index contributed by atoms with van der Waals surface area (Å²) < 4.78 is 0. The molecular formula is C16H15N3O. The molecule has 1 aromatic carbocycles. The molecule has 1 aromatic heterocycles. The first-order chi connectivity index (χ1) is 9.83. The molecule has 2 heterocycles. The van der Waals surface area contributed by atoms with E-state index in [0.717, 1.165) is 22.5 Å². The first-order valence-electron chi connectivity index (χ1n) is 6.58. The van der Waals surface area contributed by atoms with E-state index >= 15 is 0 Å². The number of amides is 1. The van der Waals surface area contributed by atoms with Crippen molar-refractivity contribution >= 4 is 29.4 Å². The number of carbonyl (C=O) groups excluding carboxylic acids is 1. The predicted octanol–water partition coefficient (Wildman–Crippen LogP) is 3.01. The summed E-state index contributed by atoms with van der Waals surface area (Å²) in [7, 11) is 0. The molecule has 0 aliphatic carbocycles. The van der Waals surface area contributed by atoms with Gasteiger partial charge in [0.1, 0.15) is 0 Å². The highest BCUT2D eigenvalue weighted by atomic mass is 16.1. The summed E-state index contributed by atoms with van der Waals surface area (Å²) in [6.45, 7) is 0.649. The zero-order valence-electron chi connectivity index (χ0n) is 11.0. The Hall–Kier alpha value is -2.62. The summed E-state index contributed by atoms with van der Waals surface area (Å²) in [6.07, 6.45) is 8.09. The molecule has 0 radical (unpaired) electrons. The van der Waals surface area contributed by atoms with Crippen LogP contribution in [0.3, 0.4) is 0 Å². The Morgan fingerprint density at radius 1 is 1.15 bits per heavy atom. The fourth-order valence-corrected chi connectivity index (χ4v) is 2.18. The van der Waals surface area contributed by atoms with Gasteiger partial charge in [-0.25, -0.2) is 0 Å². The van der Waals surface area contributed by atoms with Crippen LogP contribution in [0, 0.1) is 0 Å². The third-order valence-corrected chi connectivity index (χ3v) is 3.16. The molecule has 1 aliphatic heterocycles. The molecular weight excluding hydrogens is 250 g/mol. The van der Waals surface area contributed by atoms with E-state index in [-0.39, 0.29) is 5.91 Å². The summed E-state index contributed by atoms with van der Waals surface area (Å²) >= 11 is 0. The van der Waals surface area contributed by atoms with Crippen molar-refractivity contribution in [2.24, 2.45) is 0 Å². The van der Waals surface area contributed by atoms with Crippen molar-refractivity contribution < 1.29 is 4.79 Å². The lowest BCUT2D eigenvalue weighted by molar-refractivity contribution is -0.115. The molecule has 3 rings (SSSR count). The van der Waals surface area contributed by atoms with E-state index in [1.54, 1.807) is 6.20 Å². The van der Waals surface area contributed by atoms with Crippen LogP contribution in [-0.4, -0.2) is 17.4 Å². The smallest absolute Gasteiger partial charge is 0.226 e. The standard InChI is InChI=1S/C16H15N3O/c20-15-8-10-18-16-13(4-1-5-14(16)19-15)7-6-12-3-2-9-17-11-12/h1-7,9,11,18H,8,10H2,(H,19,20)/b7-6+. The Kier molecular flexibility index (Phi) is 3.46. The maximum atomic E-state index is 11.6. The number of fused-ring (bicyclic) bond motifs is 1. The highest BCUT2D eigenvalue weighted by molar-refractivity contribution is 5.98. The number of anilines is 2. The highest BCUT2D eigenvalue weighted by Crippen LogP contribution is 2.29.